The quantitative estimate of drug-likeness (QED) is 0.425. The molecule has 0 saturated carbocycles. The van der Waals surface area contributed by atoms with Gasteiger partial charge in [0, 0.05) is 10.0 Å². The fourth-order valence-electron chi connectivity index (χ4n) is 2.82. The Kier molecular flexibility index (Phi) is 4.83. The number of ether oxygens (including phenoxy) is 1. The Bertz CT molecular complexity index is 1020. The van der Waals surface area contributed by atoms with Gasteiger partial charge in [0.05, 0.1) is 17.4 Å². The van der Waals surface area contributed by atoms with Crippen LogP contribution >= 0.6 is 23.2 Å². The first-order chi connectivity index (χ1) is 12.7. The van der Waals surface area contributed by atoms with E-state index in [4.69, 9.17) is 27.9 Å². The summed E-state index contributed by atoms with van der Waals surface area (Å²) >= 11 is 11.9. The van der Waals surface area contributed by atoms with Crippen molar-refractivity contribution >= 4 is 34.1 Å². The first-order valence-electron chi connectivity index (χ1n) is 8.26. The zero-order chi connectivity index (χ0) is 17.9. The van der Waals surface area contributed by atoms with Crippen molar-refractivity contribution in [3.05, 3.63) is 94.0 Å². The second-order valence-corrected chi connectivity index (χ2v) is 6.89. The monoisotopic (exact) mass is 382 g/mol. The molecule has 4 aromatic rings. The summed E-state index contributed by atoms with van der Waals surface area (Å²) in [6.45, 7) is 1.10. The van der Waals surface area contributed by atoms with Crippen molar-refractivity contribution in [1.82, 2.24) is 9.78 Å². The number of aromatic nitrogens is 2. The third-order valence-electron chi connectivity index (χ3n) is 4.16. The minimum Gasteiger partial charge on any atom is -0.471 e. The zero-order valence-corrected chi connectivity index (χ0v) is 15.4. The number of hydrogen-bond acceptors (Lipinski definition) is 2. The fourth-order valence-corrected chi connectivity index (χ4v) is 3.07. The summed E-state index contributed by atoms with van der Waals surface area (Å²) in [5.74, 6) is 0.629. The Hall–Kier alpha value is -2.49. The van der Waals surface area contributed by atoms with E-state index in [1.807, 2.05) is 77.5 Å². The second kappa shape index (κ2) is 7.40. The molecular weight excluding hydrogens is 367 g/mol. The summed E-state index contributed by atoms with van der Waals surface area (Å²) in [5.41, 5.74) is 3.21. The molecule has 130 valence electrons. The molecule has 0 N–H and O–H groups in total. The highest BCUT2D eigenvalue weighted by molar-refractivity contribution is 6.30. The lowest BCUT2D eigenvalue weighted by Crippen LogP contribution is -2.02. The Labute approximate surface area is 161 Å². The van der Waals surface area contributed by atoms with Crippen LogP contribution in [0.15, 0.2) is 72.8 Å². The maximum absolute atomic E-state index is 5.99. The van der Waals surface area contributed by atoms with Crippen molar-refractivity contribution in [3.63, 3.8) is 0 Å². The van der Waals surface area contributed by atoms with Gasteiger partial charge in [0.25, 0.3) is 0 Å². The average molecular weight is 383 g/mol. The molecule has 0 atom stereocenters. The van der Waals surface area contributed by atoms with E-state index >= 15 is 0 Å². The van der Waals surface area contributed by atoms with Crippen LogP contribution in [0.25, 0.3) is 10.9 Å². The molecule has 4 rings (SSSR count). The molecule has 26 heavy (non-hydrogen) atoms. The molecule has 3 aromatic carbocycles. The van der Waals surface area contributed by atoms with Crippen LogP contribution in [0.3, 0.4) is 0 Å². The van der Waals surface area contributed by atoms with Gasteiger partial charge in [-0.2, -0.15) is 0 Å². The summed E-state index contributed by atoms with van der Waals surface area (Å²) in [6, 6.07) is 23.5. The molecule has 0 aliphatic heterocycles. The highest BCUT2D eigenvalue weighted by Gasteiger charge is 2.12. The number of rotatable bonds is 5. The van der Waals surface area contributed by atoms with E-state index in [-0.39, 0.29) is 0 Å². The smallest absolute Gasteiger partial charge is 0.241 e. The van der Waals surface area contributed by atoms with Gasteiger partial charge in [-0.15, -0.1) is 5.10 Å². The summed E-state index contributed by atoms with van der Waals surface area (Å²) in [5, 5.41) is 7.11. The lowest BCUT2D eigenvalue weighted by Gasteiger charge is -2.04. The molecule has 0 aliphatic carbocycles. The molecule has 0 spiro atoms. The van der Waals surface area contributed by atoms with E-state index in [0.29, 0.717) is 24.1 Å². The first kappa shape index (κ1) is 17.0. The molecule has 5 heteroatoms. The van der Waals surface area contributed by atoms with Crippen LogP contribution in [0.4, 0.5) is 0 Å². The SMILES string of the molecule is Clc1ccc(COc2nn(Cc3ccc(Cl)cc3)c3ccccc23)cc1. The molecule has 0 unspecified atom stereocenters. The van der Waals surface area contributed by atoms with Crippen LogP contribution in [-0.4, -0.2) is 9.78 Å². The van der Waals surface area contributed by atoms with Gasteiger partial charge in [0.1, 0.15) is 6.61 Å². The summed E-state index contributed by atoms with van der Waals surface area (Å²) in [7, 11) is 0. The van der Waals surface area contributed by atoms with Gasteiger partial charge in [-0.05, 0) is 47.5 Å². The zero-order valence-electron chi connectivity index (χ0n) is 13.9. The van der Waals surface area contributed by atoms with E-state index < -0.39 is 0 Å². The fraction of sp³-hybridized carbons (Fsp3) is 0.0952. The molecule has 3 nitrogen and oxygen atoms in total. The van der Waals surface area contributed by atoms with Crippen molar-refractivity contribution < 1.29 is 4.74 Å². The van der Waals surface area contributed by atoms with Crippen LogP contribution in [0, 0.1) is 0 Å². The molecule has 0 aliphatic rings. The predicted molar refractivity (Wildman–Crippen MR) is 106 cm³/mol. The molecule has 0 bridgehead atoms. The minimum atomic E-state index is 0.444. The van der Waals surface area contributed by atoms with E-state index in [0.717, 1.165) is 27.1 Å². The summed E-state index contributed by atoms with van der Waals surface area (Å²) < 4.78 is 7.94. The Balaban J connectivity index is 1.60. The predicted octanol–water partition coefficient (Wildman–Crippen LogP) is 5.97. The van der Waals surface area contributed by atoms with Gasteiger partial charge in [-0.25, -0.2) is 0 Å². The standard InChI is InChI=1S/C21H16Cl2N2O/c22-17-9-5-15(6-10-17)13-25-20-4-2-1-3-19(20)21(24-25)26-14-16-7-11-18(23)12-8-16/h1-12H,13-14H2. The van der Waals surface area contributed by atoms with Crippen LogP contribution in [0.5, 0.6) is 5.88 Å². The largest absolute Gasteiger partial charge is 0.471 e. The van der Waals surface area contributed by atoms with Gasteiger partial charge >= 0.3 is 0 Å². The average Bonchev–Trinajstić information content (AvgIpc) is 3.01. The lowest BCUT2D eigenvalue weighted by atomic mass is 10.2. The maximum Gasteiger partial charge on any atom is 0.241 e. The van der Waals surface area contributed by atoms with E-state index in [9.17, 15) is 0 Å². The van der Waals surface area contributed by atoms with E-state index in [1.54, 1.807) is 0 Å². The molecule has 0 saturated heterocycles. The highest BCUT2D eigenvalue weighted by Crippen LogP contribution is 2.26. The van der Waals surface area contributed by atoms with Gasteiger partial charge in [-0.1, -0.05) is 59.6 Å². The van der Waals surface area contributed by atoms with Gasteiger partial charge in [-0.3, -0.25) is 4.68 Å². The Morgan fingerprint density at radius 3 is 2.08 bits per heavy atom. The molecule has 1 aromatic heterocycles. The van der Waals surface area contributed by atoms with Crippen LogP contribution < -0.4 is 4.74 Å². The molecular formula is C21H16Cl2N2O. The third kappa shape index (κ3) is 3.69. The normalized spacial score (nSPS) is 11.0. The van der Waals surface area contributed by atoms with E-state index in [1.165, 1.54) is 0 Å². The van der Waals surface area contributed by atoms with E-state index in [2.05, 4.69) is 5.10 Å². The topological polar surface area (TPSA) is 27.1 Å². The maximum atomic E-state index is 5.99. The number of hydrogen-bond donors (Lipinski definition) is 0. The van der Waals surface area contributed by atoms with Gasteiger partial charge in [0.2, 0.25) is 5.88 Å². The van der Waals surface area contributed by atoms with Crippen molar-refractivity contribution in [2.45, 2.75) is 13.2 Å². The summed E-state index contributed by atoms with van der Waals surface area (Å²) in [6.07, 6.45) is 0. The molecule has 1 heterocycles. The molecule has 0 amide bonds. The summed E-state index contributed by atoms with van der Waals surface area (Å²) in [4.78, 5) is 0. The minimum absolute atomic E-state index is 0.444. The Morgan fingerprint density at radius 1 is 0.769 bits per heavy atom. The van der Waals surface area contributed by atoms with Crippen LogP contribution in [0.2, 0.25) is 10.0 Å². The second-order valence-electron chi connectivity index (χ2n) is 6.02. The van der Waals surface area contributed by atoms with Crippen molar-refractivity contribution in [2.75, 3.05) is 0 Å². The van der Waals surface area contributed by atoms with Crippen molar-refractivity contribution in [2.24, 2.45) is 0 Å². The number of benzene rings is 3. The Morgan fingerprint density at radius 2 is 1.38 bits per heavy atom. The highest BCUT2D eigenvalue weighted by atomic mass is 35.5. The third-order valence-corrected chi connectivity index (χ3v) is 4.66. The number of nitrogens with zero attached hydrogens (tertiary/aromatic N) is 2. The van der Waals surface area contributed by atoms with Gasteiger partial charge in [0.15, 0.2) is 0 Å². The lowest BCUT2D eigenvalue weighted by molar-refractivity contribution is 0.293. The molecule has 0 radical (unpaired) electrons. The molecule has 0 fully saturated rings. The van der Waals surface area contributed by atoms with Crippen LogP contribution in [-0.2, 0) is 13.2 Å². The number of fused-ring (bicyclic) bond motifs is 1. The van der Waals surface area contributed by atoms with Crippen molar-refractivity contribution in [3.8, 4) is 5.88 Å². The number of para-hydroxylation sites is 1. The first-order valence-corrected chi connectivity index (χ1v) is 9.02. The van der Waals surface area contributed by atoms with Crippen LogP contribution in [0.1, 0.15) is 11.1 Å². The van der Waals surface area contributed by atoms with Crippen molar-refractivity contribution in [1.29, 1.82) is 0 Å². The van der Waals surface area contributed by atoms with Gasteiger partial charge < -0.3 is 4.74 Å². The number of halogens is 2.